The van der Waals surface area contributed by atoms with E-state index in [1.165, 1.54) is 6.20 Å². The van der Waals surface area contributed by atoms with E-state index in [-0.39, 0.29) is 18.0 Å². The van der Waals surface area contributed by atoms with Gasteiger partial charge in [-0.2, -0.15) is 0 Å². The van der Waals surface area contributed by atoms with E-state index >= 15 is 0 Å². The number of Topliss-reactive ketones (excluding diaryl/α,β-unsaturated/α-hetero) is 2. The Morgan fingerprint density at radius 3 is 2.56 bits per heavy atom. The van der Waals surface area contributed by atoms with Gasteiger partial charge in [0.1, 0.15) is 17.2 Å². The van der Waals surface area contributed by atoms with Gasteiger partial charge in [0, 0.05) is 6.20 Å². The molecule has 92 valence electrons. The van der Waals surface area contributed by atoms with Gasteiger partial charge in [-0.1, -0.05) is 6.07 Å². The first-order valence-corrected chi connectivity index (χ1v) is 5.62. The number of carbonyl (C=O) groups excluding carboxylic acids is 2. The second-order valence-corrected chi connectivity index (χ2v) is 4.07. The molecule has 0 saturated heterocycles. The predicted octanol–water partition coefficient (Wildman–Crippen LogP) is 2.75. The lowest BCUT2D eigenvalue weighted by Crippen LogP contribution is -2.10. The highest BCUT2D eigenvalue weighted by Gasteiger charge is 2.18. The second-order valence-electron chi connectivity index (χ2n) is 4.07. The number of pyridine rings is 1. The standard InChI is InChI=1S/C14H13NO3/c1-9-7-11(10(2)18-9)13(16)8-14(17)12-5-3-4-6-15-12/h3-7H,8H2,1-2H3. The number of aromatic nitrogens is 1. The van der Waals surface area contributed by atoms with Gasteiger partial charge in [-0.3, -0.25) is 14.6 Å². The average Bonchev–Trinajstić information content (AvgIpc) is 2.69. The molecule has 2 aromatic rings. The zero-order valence-electron chi connectivity index (χ0n) is 10.3. The van der Waals surface area contributed by atoms with Crippen LogP contribution in [0.2, 0.25) is 0 Å². The van der Waals surface area contributed by atoms with Gasteiger partial charge in [-0.25, -0.2) is 0 Å². The molecular weight excluding hydrogens is 230 g/mol. The van der Waals surface area contributed by atoms with Crippen molar-refractivity contribution >= 4 is 11.6 Å². The van der Waals surface area contributed by atoms with Crippen LogP contribution in [0.25, 0.3) is 0 Å². The van der Waals surface area contributed by atoms with E-state index in [0.717, 1.165) is 0 Å². The Labute approximate surface area is 105 Å². The fourth-order valence-corrected chi connectivity index (χ4v) is 1.77. The Bertz CT molecular complexity index is 584. The van der Waals surface area contributed by atoms with Crippen LogP contribution < -0.4 is 0 Å². The number of ketones is 2. The van der Waals surface area contributed by atoms with E-state index in [4.69, 9.17) is 4.42 Å². The van der Waals surface area contributed by atoms with Crippen LogP contribution in [-0.2, 0) is 0 Å². The first-order chi connectivity index (χ1) is 8.58. The van der Waals surface area contributed by atoms with Crippen LogP contribution in [0.5, 0.6) is 0 Å². The molecule has 0 fully saturated rings. The molecule has 2 rings (SSSR count). The summed E-state index contributed by atoms with van der Waals surface area (Å²) in [5, 5.41) is 0. The first-order valence-electron chi connectivity index (χ1n) is 5.62. The minimum absolute atomic E-state index is 0.184. The van der Waals surface area contributed by atoms with E-state index in [2.05, 4.69) is 4.98 Å². The van der Waals surface area contributed by atoms with Crippen molar-refractivity contribution in [2.45, 2.75) is 20.3 Å². The van der Waals surface area contributed by atoms with Crippen LogP contribution in [0.15, 0.2) is 34.9 Å². The van der Waals surface area contributed by atoms with Gasteiger partial charge in [-0.15, -0.1) is 0 Å². The van der Waals surface area contributed by atoms with Gasteiger partial charge >= 0.3 is 0 Å². The lowest BCUT2D eigenvalue weighted by molar-refractivity contribution is 0.0891. The summed E-state index contributed by atoms with van der Waals surface area (Å²) in [7, 11) is 0. The quantitative estimate of drug-likeness (QED) is 0.612. The predicted molar refractivity (Wildman–Crippen MR) is 65.7 cm³/mol. The fourth-order valence-electron chi connectivity index (χ4n) is 1.77. The maximum absolute atomic E-state index is 12.0. The molecule has 0 aliphatic heterocycles. The third-order valence-corrected chi connectivity index (χ3v) is 2.61. The van der Waals surface area contributed by atoms with Gasteiger partial charge < -0.3 is 4.42 Å². The second kappa shape index (κ2) is 4.96. The number of hydrogen-bond acceptors (Lipinski definition) is 4. The van der Waals surface area contributed by atoms with Crippen molar-refractivity contribution in [1.29, 1.82) is 0 Å². The molecule has 0 unspecified atom stereocenters. The van der Waals surface area contributed by atoms with Gasteiger partial charge in [0.15, 0.2) is 11.6 Å². The summed E-state index contributed by atoms with van der Waals surface area (Å²) in [6, 6.07) is 6.70. The van der Waals surface area contributed by atoms with Crippen molar-refractivity contribution in [3.8, 4) is 0 Å². The van der Waals surface area contributed by atoms with E-state index < -0.39 is 0 Å². The molecule has 18 heavy (non-hydrogen) atoms. The summed E-state index contributed by atoms with van der Waals surface area (Å²) in [5.74, 6) is 0.700. The van der Waals surface area contributed by atoms with Crippen molar-refractivity contribution in [3.05, 3.63) is 53.2 Å². The highest BCUT2D eigenvalue weighted by molar-refractivity contribution is 6.13. The molecule has 4 heteroatoms. The molecule has 0 aliphatic carbocycles. The van der Waals surface area contributed by atoms with Crippen LogP contribution in [0.1, 0.15) is 38.8 Å². The van der Waals surface area contributed by atoms with Crippen LogP contribution in [0.3, 0.4) is 0 Å². The molecule has 0 amide bonds. The molecule has 2 aromatic heterocycles. The Hall–Kier alpha value is -2.23. The number of nitrogens with zero attached hydrogens (tertiary/aromatic N) is 1. The van der Waals surface area contributed by atoms with E-state index in [1.807, 2.05) is 0 Å². The average molecular weight is 243 g/mol. The van der Waals surface area contributed by atoms with Crippen molar-refractivity contribution < 1.29 is 14.0 Å². The van der Waals surface area contributed by atoms with Crippen molar-refractivity contribution in [2.75, 3.05) is 0 Å². The zero-order valence-corrected chi connectivity index (χ0v) is 10.3. The molecule has 0 aliphatic rings. The van der Waals surface area contributed by atoms with E-state index in [1.54, 1.807) is 38.1 Å². The zero-order chi connectivity index (χ0) is 13.1. The van der Waals surface area contributed by atoms with Gasteiger partial charge in [0.25, 0.3) is 0 Å². The number of furan rings is 1. The Morgan fingerprint density at radius 1 is 1.22 bits per heavy atom. The van der Waals surface area contributed by atoms with Crippen LogP contribution in [0.4, 0.5) is 0 Å². The SMILES string of the molecule is Cc1cc(C(=O)CC(=O)c2ccccn2)c(C)o1. The maximum Gasteiger partial charge on any atom is 0.188 e. The number of hydrogen-bond donors (Lipinski definition) is 0. The minimum Gasteiger partial charge on any atom is -0.466 e. The highest BCUT2D eigenvalue weighted by Crippen LogP contribution is 2.16. The molecule has 0 N–H and O–H groups in total. The normalized spacial score (nSPS) is 10.3. The molecule has 0 spiro atoms. The largest absolute Gasteiger partial charge is 0.466 e. The van der Waals surface area contributed by atoms with Gasteiger partial charge in [0.05, 0.1) is 12.0 Å². The number of aryl methyl sites for hydroxylation is 2. The summed E-state index contributed by atoms with van der Waals surface area (Å²) in [6.45, 7) is 3.48. The van der Waals surface area contributed by atoms with Gasteiger partial charge in [0.2, 0.25) is 0 Å². The molecule has 0 bridgehead atoms. The summed E-state index contributed by atoms with van der Waals surface area (Å²) < 4.78 is 5.28. The Balaban J connectivity index is 2.13. The number of carbonyl (C=O) groups is 2. The molecule has 2 heterocycles. The summed E-state index contributed by atoms with van der Waals surface area (Å²) in [6.07, 6.45) is 1.35. The third kappa shape index (κ3) is 2.53. The summed E-state index contributed by atoms with van der Waals surface area (Å²) >= 11 is 0. The van der Waals surface area contributed by atoms with Crippen molar-refractivity contribution in [2.24, 2.45) is 0 Å². The van der Waals surface area contributed by atoms with Crippen LogP contribution >= 0.6 is 0 Å². The molecule has 0 radical (unpaired) electrons. The lowest BCUT2D eigenvalue weighted by Gasteiger charge is -1.99. The highest BCUT2D eigenvalue weighted by atomic mass is 16.3. The molecular formula is C14H13NO3. The monoisotopic (exact) mass is 243 g/mol. The molecule has 4 nitrogen and oxygen atoms in total. The fraction of sp³-hybridized carbons (Fsp3) is 0.214. The first kappa shape index (κ1) is 12.2. The minimum atomic E-state index is -0.279. The third-order valence-electron chi connectivity index (χ3n) is 2.61. The maximum atomic E-state index is 12.0. The topological polar surface area (TPSA) is 60.2 Å². The van der Waals surface area contributed by atoms with Gasteiger partial charge in [-0.05, 0) is 32.0 Å². The van der Waals surface area contributed by atoms with Crippen molar-refractivity contribution in [1.82, 2.24) is 4.98 Å². The Kier molecular flexibility index (Phi) is 3.37. The lowest BCUT2D eigenvalue weighted by atomic mass is 10.0. The van der Waals surface area contributed by atoms with E-state index in [9.17, 15) is 9.59 Å². The number of rotatable bonds is 4. The Morgan fingerprint density at radius 2 is 2.00 bits per heavy atom. The summed E-state index contributed by atoms with van der Waals surface area (Å²) in [5.41, 5.74) is 0.778. The van der Waals surface area contributed by atoms with E-state index in [0.29, 0.717) is 22.8 Å². The molecule has 0 saturated carbocycles. The van der Waals surface area contributed by atoms with Crippen LogP contribution in [-0.4, -0.2) is 16.6 Å². The summed E-state index contributed by atoms with van der Waals surface area (Å²) in [4.78, 5) is 27.7. The van der Waals surface area contributed by atoms with Crippen molar-refractivity contribution in [3.63, 3.8) is 0 Å². The van der Waals surface area contributed by atoms with Crippen LogP contribution in [0, 0.1) is 13.8 Å². The molecule has 0 atom stereocenters. The molecule has 0 aromatic carbocycles. The smallest absolute Gasteiger partial charge is 0.188 e.